The lowest BCUT2D eigenvalue weighted by Crippen LogP contribution is -2.20. The quantitative estimate of drug-likeness (QED) is 0.671. The van der Waals surface area contributed by atoms with Gasteiger partial charge in [0.25, 0.3) is 0 Å². The normalized spacial score (nSPS) is 12.2. The summed E-state index contributed by atoms with van der Waals surface area (Å²) < 4.78 is 0. The molecule has 0 amide bonds. The minimum Gasteiger partial charge on any atom is -0.317 e. The van der Waals surface area contributed by atoms with Crippen molar-refractivity contribution in [1.29, 1.82) is 0 Å². The van der Waals surface area contributed by atoms with Crippen LogP contribution in [0.4, 0.5) is 0 Å². The summed E-state index contributed by atoms with van der Waals surface area (Å²) in [7, 11) is 2.03. The zero-order chi connectivity index (χ0) is 9.98. The first-order valence-electron chi connectivity index (χ1n) is 5.34. The molecule has 0 heterocycles. The summed E-state index contributed by atoms with van der Waals surface area (Å²) >= 11 is 0. The molecule has 0 aromatic heterocycles. The highest BCUT2D eigenvalue weighted by Crippen LogP contribution is 2.07. The van der Waals surface area contributed by atoms with Gasteiger partial charge >= 0.3 is 0 Å². The van der Waals surface area contributed by atoms with Crippen molar-refractivity contribution in [2.45, 2.75) is 59.9 Å². The Hall–Kier alpha value is -0.0400. The Morgan fingerprint density at radius 2 is 1.50 bits per heavy atom. The summed E-state index contributed by atoms with van der Waals surface area (Å²) in [5.74, 6) is 0.865. The van der Waals surface area contributed by atoms with Crippen LogP contribution in [0.1, 0.15) is 53.9 Å². The van der Waals surface area contributed by atoms with Crippen LogP contribution in [0, 0.1) is 5.92 Å². The molecule has 0 bridgehead atoms. The highest BCUT2D eigenvalue weighted by Gasteiger charge is 1.98. The van der Waals surface area contributed by atoms with E-state index in [9.17, 15) is 0 Å². The molecule has 0 rings (SSSR count). The van der Waals surface area contributed by atoms with E-state index in [0.717, 1.165) is 5.92 Å². The van der Waals surface area contributed by atoms with E-state index in [1.165, 1.54) is 19.3 Å². The Morgan fingerprint density at radius 3 is 1.83 bits per heavy atom. The molecule has 1 N–H and O–H groups in total. The van der Waals surface area contributed by atoms with E-state index in [2.05, 4.69) is 26.1 Å². The molecule has 0 saturated heterocycles. The fourth-order valence-corrected chi connectivity index (χ4v) is 0.977. The molecule has 0 spiro atoms. The van der Waals surface area contributed by atoms with Gasteiger partial charge in [0.05, 0.1) is 0 Å². The van der Waals surface area contributed by atoms with Gasteiger partial charge in [0.2, 0.25) is 0 Å². The highest BCUT2D eigenvalue weighted by molar-refractivity contribution is 4.57. The molecule has 0 aliphatic heterocycles. The monoisotopic (exact) mass is 173 g/mol. The van der Waals surface area contributed by atoms with Crippen LogP contribution >= 0.6 is 0 Å². The standard InChI is InChI=1S/C9H21N.C2H6/c1-8(2)6-5-7-9(3)10-4;1-2/h8-10H,5-7H2,1-4H3;1-2H3. The minimum atomic E-state index is 0.693. The van der Waals surface area contributed by atoms with E-state index in [1.807, 2.05) is 20.9 Å². The van der Waals surface area contributed by atoms with Crippen LogP contribution in [-0.4, -0.2) is 13.1 Å². The third-order valence-corrected chi connectivity index (χ3v) is 1.91. The van der Waals surface area contributed by atoms with Crippen molar-refractivity contribution in [3.8, 4) is 0 Å². The van der Waals surface area contributed by atoms with Gasteiger partial charge in [0.1, 0.15) is 0 Å². The largest absolute Gasteiger partial charge is 0.317 e. The molecule has 0 aromatic rings. The average Bonchev–Trinajstić information content (AvgIpc) is 2.07. The molecule has 0 fully saturated rings. The molecule has 12 heavy (non-hydrogen) atoms. The van der Waals surface area contributed by atoms with Gasteiger partial charge in [-0.25, -0.2) is 0 Å². The van der Waals surface area contributed by atoms with Crippen molar-refractivity contribution in [1.82, 2.24) is 5.32 Å². The van der Waals surface area contributed by atoms with Gasteiger partial charge in [-0.05, 0) is 26.3 Å². The Labute approximate surface area is 78.9 Å². The summed E-state index contributed by atoms with van der Waals surface area (Å²) in [6.45, 7) is 10.8. The maximum absolute atomic E-state index is 3.24. The second-order valence-corrected chi connectivity index (χ2v) is 3.51. The molecule has 1 nitrogen and oxygen atoms in total. The Bertz CT molecular complexity index is 69.4. The molecular weight excluding hydrogens is 146 g/mol. The lowest BCUT2D eigenvalue weighted by Gasteiger charge is -2.10. The topological polar surface area (TPSA) is 12.0 Å². The van der Waals surface area contributed by atoms with Crippen LogP contribution in [0.15, 0.2) is 0 Å². The molecule has 76 valence electrons. The van der Waals surface area contributed by atoms with Gasteiger partial charge in [-0.15, -0.1) is 0 Å². The molecule has 0 aliphatic carbocycles. The van der Waals surface area contributed by atoms with Crippen LogP contribution in [0.2, 0.25) is 0 Å². The van der Waals surface area contributed by atoms with Crippen molar-refractivity contribution < 1.29 is 0 Å². The highest BCUT2D eigenvalue weighted by atomic mass is 14.8. The molecule has 0 aromatic carbocycles. The Morgan fingerprint density at radius 1 is 1.00 bits per heavy atom. The molecule has 0 radical (unpaired) electrons. The summed E-state index contributed by atoms with van der Waals surface area (Å²) in [6.07, 6.45) is 4.04. The molecular formula is C11H27N. The van der Waals surface area contributed by atoms with Crippen molar-refractivity contribution in [2.75, 3.05) is 7.05 Å². The number of hydrogen-bond donors (Lipinski definition) is 1. The third kappa shape index (κ3) is 12.6. The first-order chi connectivity index (χ1) is 5.66. The smallest absolute Gasteiger partial charge is 0.00357 e. The number of nitrogens with one attached hydrogen (secondary N) is 1. The van der Waals surface area contributed by atoms with E-state index in [1.54, 1.807) is 0 Å². The van der Waals surface area contributed by atoms with Gasteiger partial charge in [0.15, 0.2) is 0 Å². The fourth-order valence-electron chi connectivity index (χ4n) is 0.977. The van der Waals surface area contributed by atoms with Crippen molar-refractivity contribution in [3.63, 3.8) is 0 Å². The molecule has 0 saturated carbocycles. The Kier molecular flexibility index (Phi) is 13.2. The van der Waals surface area contributed by atoms with Crippen molar-refractivity contribution >= 4 is 0 Å². The van der Waals surface area contributed by atoms with E-state index < -0.39 is 0 Å². The predicted molar refractivity (Wildman–Crippen MR) is 58.6 cm³/mol. The second kappa shape index (κ2) is 11.0. The summed E-state index contributed by atoms with van der Waals surface area (Å²) in [5.41, 5.74) is 0. The zero-order valence-electron chi connectivity index (χ0n) is 9.78. The van der Waals surface area contributed by atoms with Gasteiger partial charge in [-0.2, -0.15) is 0 Å². The van der Waals surface area contributed by atoms with Crippen LogP contribution in [0.25, 0.3) is 0 Å². The average molecular weight is 173 g/mol. The Balaban J connectivity index is 0. The van der Waals surface area contributed by atoms with Gasteiger partial charge in [0, 0.05) is 6.04 Å². The van der Waals surface area contributed by atoms with E-state index >= 15 is 0 Å². The molecule has 1 atom stereocenters. The van der Waals surface area contributed by atoms with Crippen LogP contribution in [0.5, 0.6) is 0 Å². The van der Waals surface area contributed by atoms with Gasteiger partial charge in [-0.3, -0.25) is 0 Å². The van der Waals surface area contributed by atoms with Crippen LogP contribution < -0.4 is 5.32 Å². The molecule has 1 unspecified atom stereocenters. The predicted octanol–water partition coefficient (Wildman–Crippen LogP) is 3.45. The van der Waals surface area contributed by atoms with Crippen molar-refractivity contribution in [3.05, 3.63) is 0 Å². The minimum absolute atomic E-state index is 0.693. The third-order valence-electron chi connectivity index (χ3n) is 1.91. The maximum Gasteiger partial charge on any atom is 0.00357 e. The SMILES string of the molecule is CC.CNC(C)CCCC(C)C. The number of hydrogen-bond acceptors (Lipinski definition) is 1. The first kappa shape index (κ1) is 14.5. The lowest BCUT2D eigenvalue weighted by molar-refractivity contribution is 0.479. The van der Waals surface area contributed by atoms with E-state index in [4.69, 9.17) is 0 Å². The second-order valence-electron chi connectivity index (χ2n) is 3.51. The van der Waals surface area contributed by atoms with Crippen LogP contribution in [-0.2, 0) is 0 Å². The zero-order valence-corrected chi connectivity index (χ0v) is 9.78. The van der Waals surface area contributed by atoms with Crippen LogP contribution in [0.3, 0.4) is 0 Å². The van der Waals surface area contributed by atoms with Gasteiger partial charge < -0.3 is 5.32 Å². The van der Waals surface area contributed by atoms with Gasteiger partial charge in [-0.1, -0.05) is 40.5 Å². The van der Waals surface area contributed by atoms with Crippen molar-refractivity contribution in [2.24, 2.45) is 5.92 Å². The first-order valence-corrected chi connectivity index (χ1v) is 5.34. The fraction of sp³-hybridized carbons (Fsp3) is 1.00. The van der Waals surface area contributed by atoms with E-state index in [-0.39, 0.29) is 0 Å². The maximum atomic E-state index is 3.24. The lowest BCUT2D eigenvalue weighted by atomic mass is 10.0. The number of rotatable bonds is 5. The van der Waals surface area contributed by atoms with E-state index in [0.29, 0.717) is 6.04 Å². The molecule has 0 aliphatic rings. The molecule has 1 heteroatoms. The summed E-state index contributed by atoms with van der Waals surface area (Å²) in [6, 6.07) is 0.693. The summed E-state index contributed by atoms with van der Waals surface area (Å²) in [5, 5.41) is 3.24. The summed E-state index contributed by atoms with van der Waals surface area (Å²) in [4.78, 5) is 0.